The van der Waals surface area contributed by atoms with E-state index in [2.05, 4.69) is 10.3 Å². The molecule has 17 heavy (non-hydrogen) atoms. The van der Waals surface area contributed by atoms with Gasteiger partial charge >= 0.3 is 5.63 Å². The van der Waals surface area contributed by atoms with Crippen LogP contribution in [0.2, 0.25) is 0 Å². The first-order valence-corrected chi connectivity index (χ1v) is 6.24. The summed E-state index contributed by atoms with van der Waals surface area (Å²) in [6.07, 6.45) is 0. The molecule has 1 aromatic heterocycles. The summed E-state index contributed by atoms with van der Waals surface area (Å²) in [4.78, 5) is 13.2. The van der Waals surface area contributed by atoms with Crippen molar-refractivity contribution in [2.75, 3.05) is 7.05 Å². The highest BCUT2D eigenvalue weighted by atomic mass is 32.2. The lowest BCUT2D eigenvalue weighted by Crippen LogP contribution is -2.34. The van der Waals surface area contributed by atoms with Crippen LogP contribution < -0.4 is 15.9 Å². The fourth-order valence-electron chi connectivity index (χ4n) is 1.41. The van der Waals surface area contributed by atoms with Crippen LogP contribution in [0.25, 0.3) is 11.0 Å². The second-order valence-electron chi connectivity index (χ2n) is 3.31. The molecule has 0 saturated carbocycles. The van der Waals surface area contributed by atoms with Gasteiger partial charge in [0.1, 0.15) is 5.58 Å². The van der Waals surface area contributed by atoms with E-state index in [0.717, 1.165) is 0 Å². The summed E-state index contributed by atoms with van der Waals surface area (Å²) in [5, 5.41) is 0.545. The van der Waals surface area contributed by atoms with Gasteiger partial charge in [-0.05, 0) is 31.3 Å². The Labute approximate surface area is 97.3 Å². The van der Waals surface area contributed by atoms with Crippen LogP contribution in [0.1, 0.15) is 0 Å². The minimum absolute atomic E-state index is 0.0909. The summed E-state index contributed by atoms with van der Waals surface area (Å²) in [6.45, 7) is 0. The van der Waals surface area contributed by atoms with E-state index in [0.29, 0.717) is 11.0 Å². The molecule has 0 atom stereocenters. The number of benzene rings is 1. The average molecular weight is 254 g/mol. The molecule has 2 aromatic rings. The first-order chi connectivity index (χ1) is 8.03. The van der Waals surface area contributed by atoms with Crippen LogP contribution in [-0.2, 0) is 10.0 Å². The Hall–Kier alpha value is -1.70. The molecule has 0 bridgehead atoms. The van der Waals surface area contributed by atoms with E-state index in [1.165, 1.54) is 37.4 Å². The van der Waals surface area contributed by atoms with Gasteiger partial charge in [0.25, 0.3) is 10.0 Å². The van der Waals surface area contributed by atoms with Crippen molar-refractivity contribution in [2.45, 2.75) is 4.90 Å². The maximum Gasteiger partial charge on any atom is 0.336 e. The second kappa shape index (κ2) is 4.28. The Morgan fingerprint density at radius 2 is 1.94 bits per heavy atom. The van der Waals surface area contributed by atoms with Crippen molar-refractivity contribution in [1.82, 2.24) is 10.3 Å². The van der Waals surface area contributed by atoms with Crippen molar-refractivity contribution >= 4 is 21.0 Å². The summed E-state index contributed by atoms with van der Waals surface area (Å²) in [7, 11) is -2.14. The molecule has 0 unspecified atom stereocenters. The summed E-state index contributed by atoms with van der Waals surface area (Å²) >= 11 is 0. The Morgan fingerprint density at radius 3 is 2.65 bits per heavy atom. The quantitative estimate of drug-likeness (QED) is 0.603. The Bertz CT molecular complexity index is 706. The molecule has 0 radical (unpaired) electrons. The topological polar surface area (TPSA) is 88.4 Å². The van der Waals surface area contributed by atoms with Gasteiger partial charge in [-0.2, -0.15) is 0 Å². The smallest absolute Gasteiger partial charge is 0.336 e. The summed E-state index contributed by atoms with van der Waals surface area (Å²) in [5.74, 6) is 0. The zero-order valence-corrected chi connectivity index (χ0v) is 9.74. The van der Waals surface area contributed by atoms with Crippen molar-refractivity contribution in [2.24, 2.45) is 0 Å². The monoisotopic (exact) mass is 254 g/mol. The molecular formula is C10H10N2O4S. The highest BCUT2D eigenvalue weighted by molar-refractivity contribution is 7.89. The fourth-order valence-corrected chi connectivity index (χ4v) is 2.33. The van der Waals surface area contributed by atoms with Crippen LogP contribution in [0.15, 0.2) is 44.4 Å². The van der Waals surface area contributed by atoms with Gasteiger partial charge in [-0.25, -0.2) is 18.6 Å². The van der Waals surface area contributed by atoms with Crippen molar-refractivity contribution in [3.05, 3.63) is 40.8 Å². The molecule has 0 amide bonds. The van der Waals surface area contributed by atoms with E-state index in [1.54, 1.807) is 0 Å². The zero-order valence-electron chi connectivity index (χ0n) is 8.93. The largest absolute Gasteiger partial charge is 0.423 e. The summed E-state index contributed by atoms with van der Waals surface area (Å²) < 4.78 is 28.3. The lowest BCUT2D eigenvalue weighted by Gasteiger charge is -2.05. The molecule has 6 nitrogen and oxygen atoms in total. The van der Waals surface area contributed by atoms with Gasteiger partial charge in [0.05, 0.1) is 4.90 Å². The van der Waals surface area contributed by atoms with Gasteiger partial charge in [0.2, 0.25) is 0 Å². The molecule has 0 saturated heterocycles. The van der Waals surface area contributed by atoms with Gasteiger partial charge in [0, 0.05) is 11.5 Å². The Morgan fingerprint density at radius 1 is 1.18 bits per heavy atom. The molecule has 1 aromatic carbocycles. The highest BCUT2D eigenvalue weighted by Crippen LogP contribution is 2.17. The van der Waals surface area contributed by atoms with Gasteiger partial charge in [-0.3, -0.25) is 0 Å². The molecule has 0 aliphatic carbocycles. The predicted molar refractivity (Wildman–Crippen MR) is 61.9 cm³/mol. The van der Waals surface area contributed by atoms with E-state index >= 15 is 0 Å². The number of sulfonamides is 1. The minimum atomic E-state index is -3.59. The number of hydrogen-bond acceptors (Lipinski definition) is 5. The first-order valence-electron chi connectivity index (χ1n) is 4.75. The number of hydrogen-bond donors (Lipinski definition) is 2. The van der Waals surface area contributed by atoms with E-state index in [-0.39, 0.29) is 4.90 Å². The normalized spacial score (nSPS) is 11.8. The number of fused-ring (bicyclic) bond motifs is 1. The maximum atomic E-state index is 11.7. The maximum absolute atomic E-state index is 11.7. The molecule has 2 rings (SSSR count). The average Bonchev–Trinajstić information content (AvgIpc) is 2.28. The zero-order chi connectivity index (χ0) is 12.5. The van der Waals surface area contributed by atoms with E-state index in [4.69, 9.17) is 4.42 Å². The van der Waals surface area contributed by atoms with Gasteiger partial charge in [-0.1, -0.05) is 0 Å². The van der Waals surface area contributed by atoms with Gasteiger partial charge in [-0.15, -0.1) is 4.83 Å². The van der Waals surface area contributed by atoms with Crippen LogP contribution in [-0.4, -0.2) is 15.5 Å². The molecule has 0 fully saturated rings. The summed E-state index contributed by atoms with van der Waals surface area (Å²) in [6, 6.07) is 6.99. The molecule has 0 spiro atoms. The van der Waals surface area contributed by atoms with Gasteiger partial charge < -0.3 is 4.42 Å². The van der Waals surface area contributed by atoms with E-state index in [9.17, 15) is 13.2 Å². The van der Waals surface area contributed by atoms with E-state index < -0.39 is 15.6 Å². The standard InChI is InChI=1S/C10H10N2O4S/c1-11-12-17(14,15)8-3-4-9-7(6-8)2-5-10(13)16-9/h2-6,11-12H,1H3. The van der Waals surface area contributed by atoms with Gasteiger partial charge in [0.15, 0.2) is 0 Å². The number of hydrazine groups is 1. The van der Waals surface area contributed by atoms with Crippen LogP contribution >= 0.6 is 0 Å². The molecule has 0 aliphatic rings. The van der Waals surface area contributed by atoms with E-state index in [1.807, 2.05) is 0 Å². The molecule has 90 valence electrons. The lowest BCUT2D eigenvalue weighted by molar-refractivity contribution is 0.560. The SMILES string of the molecule is CNNS(=O)(=O)c1ccc2oc(=O)ccc2c1. The van der Waals surface area contributed by atoms with Crippen LogP contribution in [0.4, 0.5) is 0 Å². The molecular weight excluding hydrogens is 244 g/mol. The molecule has 1 heterocycles. The third kappa shape index (κ3) is 2.36. The number of rotatable bonds is 3. The van der Waals surface area contributed by atoms with Crippen molar-refractivity contribution in [3.63, 3.8) is 0 Å². The Kier molecular flexibility index (Phi) is 2.97. The molecule has 0 aliphatic heterocycles. The fraction of sp³-hybridized carbons (Fsp3) is 0.100. The Balaban J connectivity index is 2.60. The summed E-state index contributed by atoms with van der Waals surface area (Å²) in [5.41, 5.74) is 2.23. The predicted octanol–water partition coefficient (Wildman–Crippen LogP) is 0.206. The second-order valence-corrected chi connectivity index (χ2v) is 4.99. The highest BCUT2D eigenvalue weighted by Gasteiger charge is 2.13. The lowest BCUT2D eigenvalue weighted by atomic mass is 10.2. The minimum Gasteiger partial charge on any atom is -0.423 e. The third-order valence-corrected chi connectivity index (χ3v) is 3.48. The number of nitrogens with one attached hydrogen (secondary N) is 2. The van der Waals surface area contributed by atoms with Crippen LogP contribution in [0.3, 0.4) is 0 Å². The van der Waals surface area contributed by atoms with Crippen molar-refractivity contribution in [3.8, 4) is 0 Å². The third-order valence-electron chi connectivity index (χ3n) is 2.14. The first kappa shape index (κ1) is 11.8. The molecule has 7 heteroatoms. The molecule has 2 N–H and O–H groups in total. The van der Waals surface area contributed by atoms with Crippen LogP contribution in [0, 0.1) is 0 Å². The van der Waals surface area contributed by atoms with Crippen molar-refractivity contribution in [1.29, 1.82) is 0 Å². The van der Waals surface area contributed by atoms with Crippen molar-refractivity contribution < 1.29 is 12.8 Å². The van der Waals surface area contributed by atoms with Crippen LogP contribution in [0.5, 0.6) is 0 Å².